The van der Waals surface area contributed by atoms with Crippen LogP contribution in [0.2, 0.25) is 5.02 Å². The molecule has 1 aliphatic heterocycles. The number of nitrogens with zero attached hydrogens (tertiary/aromatic N) is 5. The number of hydrogen-bond donors (Lipinski definition) is 0. The van der Waals surface area contributed by atoms with Gasteiger partial charge in [-0.2, -0.15) is 0 Å². The minimum absolute atomic E-state index is 0.0422. The van der Waals surface area contributed by atoms with Gasteiger partial charge in [-0.15, -0.1) is 10.2 Å². The molecule has 3 aromatic rings. The predicted octanol–water partition coefficient (Wildman–Crippen LogP) is 4.64. The van der Waals surface area contributed by atoms with Crippen molar-refractivity contribution in [1.29, 1.82) is 0 Å². The highest BCUT2D eigenvalue weighted by Crippen LogP contribution is 2.26. The molecule has 1 saturated heterocycles. The van der Waals surface area contributed by atoms with Crippen LogP contribution in [-0.2, 0) is 4.79 Å². The van der Waals surface area contributed by atoms with E-state index in [0.717, 1.165) is 30.0 Å². The minimum atomic E-state index is -0.170. The van der Waals surface area contributed by atoms with E-state index >= 15 is 0 Å². The summed E-state index contributed by atoms with van der Waals surface area (Å²) in [6.45, 7) is 7.20. The Hall–Kier alpha value is -3.65. The SMILES string of the molecule is COc1cccc(C(=O)N(CC(=O)N2CCCN(c3ccc(-c4ccccc4Cl)nn3)CC2)CC(C)C)c1. The number of amides is 2. The lowest BCUT2D eigenvalue weighted by Gasteiger charge is -2.28. The van der Waals surface area contributed by atoms with Gasteiger partial charge in [0.25, 0.3) is 5.91 Å². The molecule has 0 N–H and O–H groups in total. The Labute approximate surface area is 229 Å². The zero-order valence-corrected chi connectivity index (χ0v) is 22.9. The number of methoxy groups -OCH3 is 1. The summed E-state index contributed by atoms with van der Waals surface area (Å²) >= 11 is 6.30. The van der Waals surface area contributed by atoms with Crippen LogP contribution >= 0.6 is 11.6 Å². The number of benzene rings is 2. The van der Waals surface area contributed by atoms with Crippen molar-refractivity contribution in [1.82, 2.24) is 20.0 Å². The second-order valence-corrected chi connectivity index (χ2v) is 10.2. The van der Waals surface area contributed by atoms with E-state index in [4.69, 9.17) is 16.3 Å². The molecule has 2 amide bonds. The molecule has 0 spiro atoms. The molecule has 0 atom stereocenters. The van der Waals surface area contributed by atoms with Gasteiger partial charge in [0.05, 0.1) is 17.8 Å². The number of ether oxygens (including phenoxy) is 1. The molecular weight excluding hydrogens is 502 g/mol. The predicted molar refractivity (Wildman–Crippen MR) is 150 cm³/mol. The molecule has 1 aromatic heterocycles. The largest absolute Gasteiger partial charge is 0.497 e. The van der Waals surface area contributed by atoms with Gasteiger partial charge in [0.1, 0.15) is 12.3 Å². The molecule has 1 aliphatic rings. The summed E-state index contributed by atoms with van der Waals surface area (Å²) < 4.78 is 5.27. The van der Waals surface area contributed by atoms with Crippen LogP contribution in [-0.4, -0.2) is 78.2 Å². The lowest BCUT2D eigenvalue weighted by Crippen LogP contribution is -2.45. The van der Waals surface area contributed by atoms with Crippen LogP contribution in [0.25, 0.3) is 11.3 Å². The number of anilines is 1. The van der Waals surface area contributed by atoms with Crippen LogP contribution in [0.1, 0.15) is 30.6 Å². The molecule has 200 valence electrons. The molecule has 0 aliphatic carbocycles. The van der Waals surface area contributed by atoms with Crippen LogP contribution < -0.4 is 9.64 Å². The molecule has 2 heterocycles. The number of halogens is 1. The fourth-order valence-corrected chi connectivity index (χ4v) is 4.80. The molecule has 0 saturated carbocycles. The molecule has 0 unspecified atom stereocenters. The molecule has 2 aromatic carbocycles. The van der Waals surface area contributed by atoms with Crippen molar-refractivity contribution in [3.8, 4) is 17.0 Å². The first-order chi connectivity index (χ1) is 18.4. The summed E-state index contributed by atoms with van der Waals surface area (Å²) in [7, 11) is 1.57. The molecule has 0 bridgehead atoms. The Balaban J connectivity index is 1.40. The molecular formula is C29H34ClN5O3. The fourth-order valence-electron chi connectivity index (χ4n) is 4.56. The molecule has 4 rings (SSSR count). The van der Waals surface area contributed by atoms with Crippen molar-refractivity contribution in [2.75, 3.05) is 51.3 Å². The summed E-state index contributed by atoms with van der Waals surface area (Å²) in [5.74, 6) is 1.39. The lowest BCUT2D eigenvalue weighted by molar-refractivity contribution is -0.131. The third-order valence-corrected chi connectivity index (χ3v) is 6.82. The maximum absolute atomic E-state index is 13.3. The molecule has 8 nitrogen and oxygen atoms in total. The third kappa shape index (κ3) is 6.81. The fraction of sp³-hybridized carbons (Fsp3) is 0.379. The Bertz CT molecular complexity index is 1250. The van der Waals surface area contributed by atoms with E-state index in [1.54, 1.807) is 36.3 Å². The average Bonchev–Trinajstić information content (AvgIpc) is 3.19. The van der Waals surface area contributed by atoms with Crippen LogP contribution in [0.15, 0.2) is 60.7 Å². The van der Waals surface area contributed by atoms with Gasteiger partial charge in [-0.05, 0) is 48.7 Å². The summed E-state index contributed by atoms with van der Waals surface area (Å²) in [5.41, 5.74) is 2.07. The first kappa shape index (κ1) is 27.4. The number of carbonyl (C=O) groups excluding carboxylic acids is 2. The van der Waals surface area contributed by atoms with E-state index in [2.05, 4.69) is 15.1 Å². The maximum Gasteiger partial charge on any atom is 0.254 e. The highest BCUT2D eigenvalue weighted by molar-refractivity contribution is 6.33. The van der Waals surface area contributed by atoms with E-state index in [1.807, 2.05) is 55.1 Å². The quantitative estimate of drug-likeness (QED) is 0.418. The Morgan fingerprint density at radius 3 is 2.53 bits per heavy atom. The van der Waals surface area contributed by atoms with Crippen molar-refractivity contribution in [2.24, 2.45) is 5.92 Å². The van der Waals surface area contributed by atoms with Gasteiger partial charge < -0.3 is 19.4 Å². The molecule has 38 heavy (non-hydrogen) atoms. The topological polar surface area (TPSA) is 78.9 Å². The molecule has 9 heteroatoms. The Morgan fingerprint density at radius 1 is 1.00 bits per heavy atom. The molecule has 0 radical (unpaired) electrons. The van der Waals surface area contributed by atoms with Gasteiger partial charge in [-0.25, -0.2) is 0 Å². The number of hydrogen-bond acceptors (Lipinski definition) is 6. The average molecular weight is 536 g/mol. The lowest BCUT2D eigenvalue weighted by atomic mass is 10.1. The first-order valence-electron chi connectivity index (χ1n) is 12.9. The monoisotopic (exact) mass is 535 g/mol. The van der Waals surface area contributed by atoms with E-state index in [0.29, 0.717) is 42.5 Å². The van der Waals surface area contributed by atoms with Gasteiger partial charge in [-0.1, -0.05) is 49.7 Å². The van der Waals surface area contributed by atoms with Crippen LogP contribution in [0.4, 0.5) is 5.82 Å². The second kappa shape index (κ2) is 12.7. The Kier molecular flexibility index (Phi) is 9.18. The van der Waals surface area contributed by atoms with Gasteiger partial charge in [0.2, 0.25) is 5.91 Å². The number of aromatic nitrogens is 2. The van der Waals surface area contributed by atoms with Gasteiger partial charge >= 0.3 is 0 Å². The van der Waals surface area contributed by atoms with E-state index in [9.17, 15) is 9.59 Å². The van der Waals surface area contributed by atoms with Crippen LogP contribution in [0.3, 0.4) is 0 Å². The van der Waals surface area contributed by atoms with Gasteiger partial charge in [0.15, 0.2) is 5.82 Å². The number of carbonyl (C=O) groups is 2. The van der Waals surface area contributed by atoms with Crippen molar-refractivity contribution < 1.29 is 14.3 Å². The molecule has 1 fully saturated rings. The highest BCUT2D eigenvalue weighted by atomic mass is 35.5. The van der Waals surface area contributed by atoms with E-state index < -0.39 is 0 Å². The summed E-state index contributed by atoms with van der Waals surface area (Å²) in [4.78, 5) is 32.2. The van der Waals surface area contributed by atoms with Crippen LogP contribution in [0, 0.1) is 5.92 Å². The number of rotatable bonds is 8. The Morgan fingerprint density at radius 2 is 1.82 bits per heavy atom. The van der Waals surface area contributed by atoms with Crippen molar-refractivity contribution in [3.05, 3.63) is 71.2 Å². The minimum Gasteiger partial charge on any atom is -0.497 e. The smallest absolute Gasteiger partial charge is 0.254 e. The standard InChI is InChI=1S/C29H34ClN5O3/c1-21(2)19-35(29(37)22-8-6-9-23(18-22)38-3)20-28(36)34-15-7-14-33(16-17-34)27-13-12-26(31-32-27)24-10-4-5-11-25(24)30/h4-6,8-13,18,21H,7,14-17,19-20H2,1-3H3. The van der Waals surface area contributed by atoms with Gasteiger partial charge in [0, 0.05) is 43.9 Å². The zero-order chi connectivity index (χ0) is 27.1. The summed E-state index contributed by atoms with van der Waals surface area (Å²) in [5, 5.41) is 9.46. The zero-order valence-electron chi connectivity index (χ0n) is 22.1. The van der Waals surface area contributed by atoms with Crippen molar-refractivity contribution in [2.45, 2.75) is 20.3 Å². The van der Waals surface area contributed by atoms with Crippen LogP contribution in [0.5, 0.6) is 5.75 Å². The van der Waals surface area contributed by atoms with E-state index in [1.165, 1.54) is 0 Å². The normalized spacial score (nSPS) is 13.8. The third-order valence-electron chi connectivity index (χ3n) is 6.49. The van der Waals surface area contributed by atoms with E-state index in [-0.39, 0.29) is 24.3 Å². The van der Waals surface area contributed by atoms with Gasteiger partial charge in [-0.3, -0.25) is 9.59 Å². The summed E-state index contributed by atoms with van der Waals surface area (Å²) in [6.07, 6.45) is 0.799. The maximum atomic E-state index is 13.3. The second-order valence-electron chi connectivity index (χ2n) is 9.79. The first-order valence-corrected chi connectivity index (χ1v) is 13.3. The van der Waals surface area contributed by atoms with Crippen molar-refractivity contribution in [3.63, 3.8) is 0 Å². The highest BCUT2D eigenvalue weighted by Gasteiger charge is 2.25. The summed E-state index contributed by atoms with van der Waals surface area (Å²) in [6, 6.07) is 18.5. The van der Waals surface area contributed by atoms with Crippen molar-refractivity contribution >= 4 is 29.2 Å².